The van der Waals surface area contributed by atoms with Crippen LogP contribution in [0.4, 0.5) is 13.2 Å². The van der Waals surface area contributed by atoms with E-state index >= 15 is 0 Å². The summed E-state index contributed by atoms with van der Waals surface area (Å²) in [4.78, 5) is 14.3. The number of carbonyl (C=O) groups is 1. The smallest absolute Gasteiger partial charge is 0.416 e. The van der Waals surface area contributed by atoms with Gasteiger partial charge < -0.3 is 10.0 Å². The van der Waals surface area contributed by atoms with Crippen molar-refractivity contribution in [3.05, 3.63) is 65.2 Å². The number of aromatic hydroxyl groups is 1. The Morgan fingerprint density at radius 1 is 1.08 bits per heavy atom. The number of hydrogen-bond acceptors (Lipinski definition) is 2. The van der Waals surface area contributed by atoms with E-state index in [-0.39, 0.29) is 29.8 Å². The van der Waals surface area contributed by atoms with Gasteiger partial charge in [-0.3, -0.25) is 4.79 Å². The summed E-state index contributed by atoms with van der Waals surface area (Å²) >= 11 is 0. The van der Waals surface area contributed by atoms with Crippen LogP contribution in [-0.2, 0) is 12.7 Å². The molecule has 6 heteroatoms. The number of halogens is 3. The van der Waals surface area contributed by atoms with Crippen LogP contribution >= 0.6 is 0 Å². The summed E-state index contributed by atoms with van der Waals surface area (Å²) in [5.74, 6) is -0.406. The lowest BCUT2D eigenvalue weighted by atomic mass is 10.1. The zero-order valence-corrected chi connectivity index (χ0v) is 12.8. The summed E-state index contributed by atoms with van der Waals surface area (Å²) in [5.41, 5.74) is 0.117. The fraction of sp³-hybridized carbons (Fsp3) is 0.278. The molecule has 0 heterocycles. The second kappa shape index (κ2) is 6.19. The maximum Gasteiger partial charge on any atom is 0.416 e. The van der Waals surface area contributed by atoms with E-state index in [1.165, 1.54) is 18.2 Å². The molecule has 1 aliphatic carbocycles. The highest BCUT2D eigenvalue weighted by atomic mass is 19.4. The van der Waals surface area contributed by atoms with Gasteiger partial charge in [0.15, 0.2) is 0 Å². The van der Waals surface area contributed by atoms with Crippen LogP contribution < -0.4 is 0 Å². The fourth-order valence-electron chi connectivity index (χ4n) is 2.56. The molecule has 2 aromatic carbocycles. The predicted molar refractivity (Wildman–Crippen MR) is 82.4 cm³/mol. The zero-order chi connectivity index (χ0) is 17.3. The molecule has 0 spiro atoms. The molecule has 3 rings (SSSR count). The molecular weight excluding hydrogens is 319 g/mol. The van der Waals surface area contributed by atoms with Crippen LogP contribution in [-0.4, -0.2) is 22.0 Å². The highest BCUT2D eigenvalue weighted by molar-refractivity contribution is 5.97. The molecule has 1 amide bonds. The van der Waals surface area contributed by atoms with Gasteiger partial charge in [-0.25, -0.2) is 0 Å². The van der Waals surface area contributed by atoms with Gasteiger partial charge in [0.2, 0.25) is 0 Å². The van der Waals surface area contributed by atoms with Crippen LogP contribution in [0.15, 0.2) is 48.5 Å². The second-order valence-corrected chi connectivity index (χ2v) is 5.88. The predicted octanol–water partition coefficient (Wildman–Crippen LogP) is 4.22. The monoisotopic (exact) mass is 335 g/mol. The van der Waals surface area contributed by atoms with Crippen molar-refractivity contribution in [3.63, 3.8) is 0 Å². The van der Waals surface area contributed by atoms with Gasteiger partial charge in [0.25, 0.3) is 5.91 Å². The molecule has 0 aromatic heterocycles. The van der Waals surface area contributed by atoms with E-state index in [4.69, 9.17) is 0 Å². The van der Waals surface area contributed by atoms with Crippen molar-refractivity contribution < 1.29 is 23.1 Å². The summed E-state index contributed by atoms with van der Waals surface area (Å²) < 4.78 is 37.9. The number of nitrogens with zero attached hydrogens (tertiary/aromatic N) is 1. The number of carbonyl (C=O) groups excluding carboxylic acids is 1. The van der Waals surface area contributed by atoms with Crippen molar-refractivity contribution >= 4 is 5.91 Å². The van der Waals surface area contributed by atoms with Crippen molar-refractivity contribution in [3.8, 4) is 5.75 Å². The number of hydrogen-bond donors (Lipinski definition) is 1. The summed E-state index contributed by atoms with van der Waals surface area (Å²) in [6, 6.07) is 11.2. The van der Waals surface area contributed by atoms with Crippen LogP contribution in [0.5, 0.6) is 5.75 Å². The van der Waals surface area contributed by atoms with Gasteiger partial charge in [-0.2, -0.15) is 13.2 Å². The van der Waals surface area contributed by atoms with Crippen LogP contribution in [0.1, 0.15) is 34.3 Å². The highest BCUT2D eigenvalue weighted by Crippen LogP contribution is 2.33. The largest absolute Gasteiger partial charge is 0.507 e. The third kappa shape index (κ3) is 3.53. The summed E-state index contributed by atoms with van der Waals surface area (Å²) in [7, 11) is 0. The molecule has 126 valence electrons. The molecule has 3 nitrogen and oxygen atoms in total. The van der Waals surface area contributed by atoms with Crippen LogP contribution in [0, 0.1) is 0 Å². The molecule has 0 bridgehead atoms. The Bertz CT molecular complexity index is 737. The highest BCUT2D eigenvalue weighted by Gasteiger charge is 2.34. The van der Waals surface area contributed by atoms with Crippen LogP contribution in [0.25, 0.3) is 0 Å². The standard InChI is InChI=1S/C18H16F3NO2/c19-18(20,21)13-7-5-12(6-8-13)11-22(14-9-10-14)17(24)15-3-1-2-4-16(15)23/h1-8,14,23H,9-11H2. The van der Waals surface area contributed by atoms with E-state index in [1.807, 2.05) is 0 Å². The van der Waals surface area contributed by atoms with Crippen molar-refractivity contribution in [1.29, 1.82) is 0 Å². The molecule has 0 radical (unpaired) electrons. The Labute approximate surface area is 137 Å². The van der Waals surface area contributed by atoms with Crippen LogP contribution in [0.3, 0.4) is 0 Å². The maximum atomic E-state index is 12.7. The number of phenols is 1. The lowest BCUT2D eigenvalue weighted by Crippen LogP contribution is -2.32. The minimum absolute atomic E-state index is 0.0689. The van der Waals surface area contributed by atoms with Crippen molar-refractivity contribution in [2.24, 2.45) is 0 Å². The van der Waals surface area contributed by atoms with Gasteiger partial charge in [-0.15, -0.1) is 0 Å². The molecule has 0 saturated heterocycles. The molecule has 0 aliphatic heterocycles. The van der Waals surface area contributed by atoms with Gasteiger partial charge in [-0.1, -0.05) is 24.3 Å². The Kier molecular flexibility index (Phi) is 4.22. The molecular formula is C18H16F3NO2. The van der Waals surface area contributed by atoms with Gasteiger partial charge in [0.05, 0.1) is 11.1 Å². The SMILES string of the molecule is O=C(c1ccccc1O)N(Cc1ccc(C(F)(F)F)cc1)C1CC1. The first-order valence-corrected chi connectivity index (χ1v) is 7.61. The topological polar surface area (TPSA) is 40.5 Å². The number of rotatable bonds is 4. The number of phenolic OH excluding ortho intramolecular Hbond substituents is 1. The van der Waals surface area contributed by atoms with E-state index < -0.39 is 11.7 Å². The first-order valence-electron chi connectivity index (χ1n) is 7.61. The molecule has 1 aliphatic rings. The average molecular weight is 335 g/mol. The summed E-state index contributed by atoms with van der Waals surface area (Å²) in [6.07, 6.45) is -2.65. The van der Waals surface area contributed by atoms with E-state index in [9.17, 15) is 23.1 Å². The maximum absolute atomic E-state index is 12.7. The van der Waals surface area contributed by atoms with E-state index in [1.54, 1.807) is 23.1 Å². The minimum atomic E-state index is -4.37. The molecule has 24 heavy (non-hydrogen) atoms. The minimum Gasteiger partial charge on any atom is -0.507 e. The van der Waals surface area contributed by atoms with E-state index in [0.717, 1.165) is 25.0 Å². The second-order valence-electron chi connectivity index (χ2n) is 5.88. The third-order valence-corrected chi connectivity index (χ3v) is 4.02. The Hall–Kier alpha value is -2.50. The first-order chi connectivity index (χ1) is 11.4. The normalized spacial score (nSPS) is 14.5. The molecule has 0 unspecified atom stereocenters. The Morgan fingerprint density at radius 3 is 2.25 bits per heavy atom. The van der Waals surface area contributed by atoms with E-state index in [2.05, 4.69) is 0 Å². The van der Waals surface area contributed by atoms with Crippen molar-refractivity contribution in [1.82, 2.24) is 4.90 Å². The Morgan fingerprint density at radius 2 is 1.71 bits per heavy atom. The third-order valence-electron chi connectivity index (χ3n) is 4.02. The van der Waals surface area contributed by atoms with E-state index in [0.29, 0.717) is 5.56 Å². The lowest BCUT2D eigenvalue weighted by Gasteiger charge is -2.23. The average Bonchev–Trinajstić information content (AvgIpc) is 3.37. The quantitative estimate of drug-likeness (QED) is 0.909. The van der Waals surface area contributed by atoms with Gasteiger partial charge in [0.1, 0.15) is 5.75 Å². The molecule has 1 saturated carbocycles. The molecule has 0 atom stereocenters. The van der Waals surface area contributed by atoms with Crippen molar-refractivity contribution in [2.45, 2.75) is 31.6 Å². The Balaban J connectivity index is 1.80. The fourth-order valence-corrected chi connectivity index (χ4v) is 2.56. The van der Waals surface area contributed by atoms with Crippen molar-refractivity contribution in [2.75, 3.05) is 0 Å². The van der Waals surface area contributed by atoms with Gasteiger partial charge in [-0.05, 0) is 42.7 Å². The number of amides is 1. The zero-order valence-electron chi connectivity index (χ0n) is 12.8. The number of para-hydroxylation sites is 1. The summed E-state index contributed by atoms with van der Waals surface area (Å²) in [5, 5.41) is 9.85. The van der Waals surface area contributed by atoms with Crippen LogP contribution in [0.2, 0.25) is 0 Å². The van der Waals surface area contributed by atoms with Gasteiger partial charge in [0, 0.05) is 12.6 Å². The first kappa shape index (κ1) is 16.4. The number of alkyl halides is 3. The molecule has 1 fully saturated rings. The summed E-state index contributed by atoms with van der Waals surface area (Å²) in [6.45, 7) is 0.218. The van der Waals surface area contributed by atoms with Gasteiger partial charge >= 0.3 is 6.18 Å². The molecule has 1 N–H and O–H groups in total. The number of benzene rings is 2. The lowest BCUT2D eigenvalue weighted by molar-refractivity contribution is -0.137. The molecule has 2 aromatic rings.